The summed E-state index contributed by atoms with van der Waals surface area (Å²) in [6, 6.07) is 0. The first-order valence-electron chi connectivity index (χ1n) is 5.60. The first kappa shape index (κ1) is 10.4. The molecule has 1 unspecified atom stereocenters. The molecule has 0 radical (unpaired) electrons. The Bertz CT molecular complexity index is 380. The topological polar surface area (TPSA) is 57.8 Å². The average Bonchev–Trinajstić information content (AvgIpc) is 2.30. The van der Waals surface area contributed by atoms with Gasteiger partial charge in [-0.05, 0) is 25.8 Å². The minimum absolute atomic E-state index is 0.0214. The second-order valence-corrected chi connectivity index (χ2v) is 4.02. The highest BCUT2D eigenvalue weighted by molar-refractivity contribution is 5.08. The maximum Gasteiger partial charge on any atom is 0.254 e. The summed E-state index contributed by atoms with van der Waals surface area (Å²) in [7, 11) is 0. The number of hydrogen-bond acceptors (Lipinski definition) is 3. The Balaban J connectivity index is 2.21. The zero-order chi connectivity index (χ0) is 10.7. The van der Waals surface area contributed by atoms with Crippen LogP contribution in [0.4, 0.5) is 0 Å². The molecule has 0 aromatic carbocycles. The van der Waals surface area contributed by atoms with E-state index in [1.54, 1.807) is 6.20 Å². The van der Waals surface area contributed by atoms with Gasteiger partial charge in [0.15, 0.2) is 0 Å². The number of H-pyrrole nitrogens is 1. The number of rotatable bonds is 2. The van der Waals surface area contributed by atoms with Crippen LogP contribution in [0.5, 0.6) is 0 Å². The van der Waals surface area contributed by atoms with Crippen LogP contribution in [0.25, 0.3) is 0 Å². The number of nitrogens with zero attached hydrogens (tertiary/aromatic N) is 1. The van der Waals surface area contributed by atoms with E-state index in [4.69, 9.17) is 0 Å². The van der Waals surface area contributed by atoms with Gasteiger partial charge >= 0.3 is 0 Å². The predicted molar refractivity (Wildman–Crippen MR) is 59.1 cm³/mol. The van der Waals surface area contributed by atoms with Crippen LogP contribution in [0.2, 0.25) is 0 Å². The van der Waals surface area contributed by atoms with Crippen molar-refractivity contribution in [3.05, 3.63) is 27.9 Å². The molecule has 2 N–H and O–H groups in total. The van der Waals surface area contributed by atoms with E-state index in [0.717, 1.165) is 43.7 Å². The Morgan fingerprint density at radius 1 is 1.60 bits per heavy atom. The van der Waals surface area contributed by atoms with Crippen LogP contribution < -0.4 is 10.9 Å². The molecule has 1 fully saturated rings. The lowest BCUT2D eigenvalue weighted by atomic mass is 9.99. The summed E-state index contributed by atoms with van der Waals surface area (Å²) >= 11 is 0. The molecule has 1 aromatic heterocycles. The maximum atomic E-state index is 11.6. The molecule has 1 aliphatic heterocycles. The molecule has 1 saturated heterocycles. The summed E-state index contributed by atoms with van der Waals surface area (Å²) in [4.78, 5) is 18.8. The Hall–Kier alpha value is -1.16. The molecule has 0 saturated carbocycles. The average molecular weight is 207 g/mol. The van der Waals surface area contributed by atoms with Crippen LogP contribution in [-0.2, 0) is 6.42 Å². The Morgan fingerprint density at radius 3 is 3.07 bits per heavy atom. The fourth-order valence-electron chi connectivity index (χ4n) is 1.98. The smallest absolute Gasteiger partial charge is 0.254 e. The van der Waals surface area contributed by atoms with Gasteiger partial charge in [-0.15, -0.1) is 0 Å². The molecule has 2 heterocycles. The Morgan fingerprint density at radius 2 is 2.47 bits per heavy atom. The molecule has 0 bridgehead atoms. The van der Waals surface area contributed by atoms with Crippen molar-refractivity contribution in [2.24, 2.45) is 0 Å². The second-order valence-electron chi connectivity index (χ2n) is 4.02. The van der Waals surface area contributed by atoms with Crippen molar-refractivity contribution in [3.63, 3.8) is 0 Å². The maximum absolute atomic E-state index is 11.6. The van der Waals surface area contributed by atoms with Gasteiger partial charge in [-0.3, -0.25) is 4.79 Å². The first-order valence-corrected chi connectivity index (χ1v) is 5.60. The van der Waals surface area contributed by atoms with E-state index in [2.05, 4.69) is 15.3 Å². The number of hydrogen-bond donors (Lipinski definition) is 2. The van der Waals surface area contributed by atoms with Crippen molar-refractivity contribution in [2.45, 2.75) is 32.1 Å². The summed E-state index contributed by atoms with van der Waals surface area (Å²) in [5, 5.41) is 3.32. The van der Waals surface area contributed by atoms with E-state index in [-0.39, 0.29) is 5.56 Å². The summed E-state index contributed by atoms with van der Waals surface area (Å²) in [5.74, 6) is 1.21. The molecule has 4 heteroatoms. The zero-order valence-electron chi connectivity index (χ0n) is 9.05. The van der Waals surface area contributed by atoms with Crippen LogP contribution in [-0.4, -0.2) is 23.1 Å². The van der Waals surface area contributed by atoms with Gasteiger partial charge in [-0.2, -0.15) is 0 Å². The highest BCUT2D eigenvalue weighted by Crippen LogP contribution is 2.18. The molecule has 1 atom stereocenters. The molecule has 1 aromatic rings. The van der Waals surface area contributed by atoms with Gasteiger partial charge in [-0.1, -0.05) is 6.92 Å². The van der Waals surface area contributed by atoms with E-state index in [1.807, 2.05) is 6.92 Å². The molecule has 0 aliphatic carbocycles. The normalized spacial score (nSPS) is 21.5. The molecule has 2 rings (SSSR count). The van der Waals surface area contributed by atoms with Crippen molar-refractivity contribution in [3.8, 4) is 0 Å². The lowest BCUT2D eigenvalue weighted by molar-refractivity contribution is 0.445. The number of aromatic amines is 1. The zero-order valence-corrected chi connectivity index (χ0v) is 9.05. The summed E-state index contributed by atoms with van der Waals surface area (Å²) in [6.07, 6.45) is 4.72. The third-order valence-electron chi connectivity index (χ3n) is 2.96. The van der Waals surface area contributed by atoms with Gasteiger partial charge in [-0.25, -0.2) is 4.98 Å². The van der Waals surface area contributed by atoms with Crippen LogP contribution in [0.1, 0.15) is 37.1 Å². The van der Waals surface area contributed by atoms with Crippen molar-refractivity contribution >= 4 is 0 Å². The monoisotopic (exact) mass is 207 g/mol. The van der Waals surface area contributed by atoms with E-state index in [1.165, 1.54) is 0 Å². The van der Waals surface area contributed by atoms with Crippen LogP contribution in [0.3, 0.4) is 0 Å². The fourth-order valence-corrected chi connectivity index (χ4v) is 1.98. The molecule has 15 heavy (non-hydrogen) atoms. The lowest BCUT2D eigenvalue weighted by Gasteiger charge is -2.21. The number of aryl methyl sites for hydroxylation is 1. The molecule has 4 nitrogen and oxygen atoms in total. The highest BCUT2D eigenvalue weighted by Gasteiger charge is 2.17. The van der Waals surface area contributed by atoms with Crippen molar-refractivity contribution in [1.82, 2.24) is 15.3 Å². The van der Waals surface area contributed by atoms with Gasteiger partial charge < -0.3 is 10.3 Å². The number of nitrogens with one attached hydrogen (secondary N) is 2. The third-order valence-corrected chi connectivity index (χ3v) is 2.96. The van der Waals surface area contributed by atoms with Crippen LogP contribution >= 0.6 is 0 Å². The summed E-state index contributed by atoms with van der Waals surface area (Å²) < 4.78 is 0. The molecule has 0 amide bonds. The number of aromatic nitrogens is 2. The van der Waals surface area contributed by atoms with Gasteiger partial charge in [0.1, 0.15) is 5.82 Å². The molecule has 82 valence electrons. The SMILES string of the molecule is CCc1cnc(C2CCCNC2)[nH]c1=O. The Kier molecular flexibility index (Phi) is 3.16. The van der Waals surface area contributed by atoms with Crippen LogP contribution in [0, 0.1) is 0 Å². The quantitative estimate of drug-likeness (QED) is 0.754. The first-order chi connectivity index (χ1) is 7.31. The summed E-state index contributed by atoms with van der Waals surface area (Å²) in [5.41, 5.74) is 0.788. The van der Waals surface area contributed by atoms with E-state index < -0.39 is 0 Å². The van der Waals surface area contributed by atoms with Crippen molar-refractivity contribution in [2.75, 3.05) is 13.1 Å². The fraction of sp³-hybridized carbons (Fsp3) is 0.636. The van der Waals surface area contributed by atoms with Crippen molar-refractivity contribution in [1.29, 1.82) is 0 Å². The predicted octanol–water partition coefficient (Wildman–Crippen LogP) is 0.799. The lowest BCUT2D eigenvalue weighted by Crippen LogP contribution is -2.30. The summed E-state index contributed by atoms with van der Waals surface area (Å²) in [6.45, 7) is 3.97. The Labute approximate surface area is 89.1 Å². The highest BCUT2D eigenvalue weighted by atomic mass is 16.1. The van der Waals surface area contributed by atoms with Crippen molar-refractivity contribution < 1.29 is 0 Å². The minimum Gasteiger partial charge on any atom is -0.316 e. The largest absolute Gasteiger partial charge is 0.316 e. The van der Waals surface area contributed by atoms with E-state index in [0.29, 0.717) is 5.92 Å². The van der Waals surface area contributed by atoms with Crippen LogP contribution in [0.15, 0.2) is 11.0 Å². The molecule has 0 spiro atoms. The minimum atomic E-state index is 0.0214. The third kappa shape index (κ3) is 2.26. The van der Waals surface area contributed by atoms with Gasteiger partial charge in [0.25, 0.3) is 5.56 Å². The molecular weight excluding hydrogens is 190 g/mol. The van der Waals surface area contributed by atoms with Gasteiger partial charge in [0.05, 0.1) is 0 Å². The second kappa shape index (κ2) is 4.57. The molecule has 1 aliphatic rings. The molecular formula is C11H17N3O. The van der Waals surface area contributed by atoms with E-state index in [9.17, 15) is 4.79 Å². The number of piperidine rings is 1. The van der Waals surface area contributed by atoms with Gasteiger partial charge in [0, 0.05) is 24.2 Å². The standard InChI is InChI=1S/C11H17N3O/c1-2-8-7-13-10(14-11(8)15)9-4-3-5-12-6-9/h7,9,12H,2-6H2,1H3,(H,13,14,15). The van der Waals surface area contributed by atoms with E-state index >= 15 is 0 Å². The van der Waals surface area contributed by atoms with Gasteiger partial charge in [0.2, 0.25) is 0 Å².